The molecule has 0 radical (unpaired) electrons. The summed E-state index contributed by atoms with van der Waals surface area (Å²) in [6, 6.07) is 6.53. The molecule has 0 saturated carbocycles. The van der Waals surface area contributed by atoms with Crippen LogP contribution in [-0.2, 0) is 0 Å². The third-order valence-electron chi connectivity index (χ3n) is 3.00. The average molecular weight is 225 g/mol. The molecule has 1 saturated heterocycles. The number of anilines is 1. The molecule has 1 aliphatic rings. The van der Waals surface area contributed by atoms with Crippen LogP contribution in [0.25, 0.3) is 0 Å². The number of alkyl halides is 1. The van der Waals surface area contributed by atoms with Crippen LogP contribution in [0.4, 0.5) is 5.82 Å². The number of hydrogen-bond acceptors (Lipinski definition) is 2. The van der Waals surface area contributed by atoms with Gasteiger partial charge in [0.25, 0.3) is 0 Å². The molecule has 1 unspecified atom stereocenters. The molecular weight excluding hydrogens is 208 g/mol. The maximum Gasteiger partial charge on any atom is 0.128 e. The monoisotopic (exact) mass is 224 g/mol. The summed E-state index contributed by atoms with van der Waals surface area (Å²) in [7, 11) is 0. The van der Waals surface area contributed by atoms with Crippen molar-refractivity contribution in [3.8, 4) is 0 Å². The smallest absolute Gasteiger partial charge is 0.128 e. The van der Waals surface area contributed by atoms with Crippen LogP contribution in [0.5, 0.6) is 0 Å². The zero-order valence-electron chi connectivity index (χ0n) is 8.90. The van der Waals surface area contributed by atoms with Gasteiger partial charge < -0.3 is 4.90 Å². The van der Waals surface area contributed by atoms with Gasteiger partial charge in [0.1, 0.15) is 5.82 Å². The lowest BCUT2D eigenvalue weighted by Crippen LogP contribution is -2.36. The van der Waals surface area contributed by atoms with E-state index in [-0.39, 0.29) is 0 Å². The molecule has 0 aliphatic carbocycles. The molecule has 82 valence electrons. The van der Waals surface area contributed by atoms with E-state index in [2.05, 4.69) is 16.0 Å². The molecule has 2 rings (SSSR count). The average Bonchev–Trinajstić information content (AvgIpc) is 2.55. The van der Waals surface area contributed by atoms with E-state index >= 15 is 0 Å². The molecule has 2 heterocycles. The molecule has 0 spiro atoms. The number of hydrogen-bond donors (Lipinski definition) is 0. The first-order chi connectivity index (χ1) is 7.42. The lowest BCUT2D eigenvalue weighted by Gasteiger charge is -2.29. The molecule has 0 bridgehead atoms. The van der Waals surface area contributed by atoms with Crippen LogP contribution in [0, 0.1) is 0 Å². The van der Waals surface area contributed by atoms with Crippen LogP contribution in [0.2, 0.25) is 0 Å². The van der Waals surface area contributed by atoms with Gasteiger partial charge in [0.2, 0.25) is 0 Å². The second-order valence-electron chi connectivity index (χ2n) is 4.04. The van der Waals surface area contributed by atoms with Gasteiger partial charge in [-0.25, -0.2) is 4.98 Å². The second-order valence-corrected chi connectivity index (χ2v) is 4.35. The Balaban J connectivity index is 2.16. The number of rotatable bonds is 2. The van der Waals surface area contributed by atoms with Crippen molar-refractivity contribution in [1.82, 2.24) is 4.98 Å². The Hall–Kier alpha value is -0.760. The van der Waals surface area contributed by atoms with Gasteiger partial charge in [-0.3, -0.25) is 0 Å². The molecular formula is C12H17ClN2. The minimum atomic E-state index is 0.462. The maximum atomic E-state index is 6.03. The zero-order chi connectivity index (χ0) is 10.5. The summed E-state index contributed by atoms with van der Waals surface area (Å²) in [6.07, 6.45) is 6.91. The highest BCUT2D eigenvalue weighted by Crippen LogP contribution is 2.22. The Morgan fingerprint density at radius 2 is 2.27 bits per heavy atom. The van der Waals surface area contributed by atoms with Crippen LogP contribution < -0.4 is 4.90 Å². The highest BCUT2D eigenvalue weighted by Gasteiger charge is 2.20. The second kappa shape index (κ2) is 5.36. The van der Waals surface area contributed by atoms with Crippen LogP contribution in [0.3, 0.4) is 0 Å². The fourth-order valence-corrected chi connectivity index (χ4v) is 2.48. The van der Waals surface area contributed by atoms with Gasteiger partial charge in [0.05, 0.1) is 0 Å². The maximum absolute atomic E-state index is 6.03. The summed E-state index contributed by atoms with van der Waals surface area (Å²) >= 11 is 6.03. The molecule has 0 N–H and O–H groups in total. The quantitative estimate of drug-likeness (QED) is 0.718. The first-order valence-corrected chi connectivity index (χ1v) is 6.19. The Morgan fingerprint density at radius 3 is 3.00 bits per heavy atom. The van der Waals surface area contributed by atoms with Gasteiger partial charge in [0.15, 0.2) is 0 Å². The van der Waals surface area contributed by atoms with E-state index < -0.39 is 0 Å². The topological polar surface area (TPSA) is 16.1 Å². The van der Waals surface area contributed by atoms with Crippen LogP contribution in [-0.4, -0.2) is 23.5 Å². The Bertz CT molecular complexity index is 289. The molecule has 0 aromatic carbocycles. The Labute approximate surface area is 96.3 Å². The van der Waals surface area contributed by atoms with E-state index in [4.69, 9.17) is 11.6 Å². The molecule has 1 aromatic heterocycles. The highest BCUT2D eigenvalue weighted by atomic mass is 35.5. The summed E-state index contributed by atoms with van der Waals surface area (Å²) in [6.45, 7) is 1.09. The summed E-state index contributed by atoms with van der Waals surface area (Å²) in [5.41, 5.74) is 0. The summed E-state index contributed by atoms with van der Waals surface area (Å²) in [5.74, 6) is 1.78. The van der Waals surface area contributed by atoms with Crippen molar-refractivity contribution < 1.29 is 0 Å². The molecule has 1 aromatic rings. The summed E-state index contributed by atoms with van der Waals surface area (Å²) < 4.78 is 0. The van der Waals surface area contributed by atoms with Gasteiger partial charge in [-0.15, -0.1) is 11.6 Å². The van der Waals surface area contributed by atoms with Crippen molar-refractivity contribution in [2.75, 3.05) is 17.3 Å². The van der Waals surface area contributed by atoms with Crippen molar-refractivity contribution in [3.63, 3.8) is 0 Å². The largest absolute Gasteiger partial charge is 0.352 e. The summed E-state index contributed by atoms with van der Waals surface area (Å²) in [4.78, 5) is 6.77. The standard InChI is InChI=1S/C12H17ClN2/c13-10-11-6-2-1-5-9-15(11)12-7-3-4-8-14-12/h3-4,7-8,11H,1-2,5-6,9-10H2. The van der Waals surface area contributed by atoms with Gasteiger partial charge >= 0.3 is 0 Å². The van der Waals surface area contributed by atoms with Crippen LogP contribution in [0.15, 0.2) is 24.4 Å². The van der Waals surface area contributed by atoms with Gasteiger partial charge in [-0.2, -0.15) is 0 Å². The van der Waals surface area contributed by atoms with E-state index in [0.717, 1.165) is 12.4 Å². The zero-order valence-corrected chi connectivity index (χ0v) is 9.66. The van der Waals surface area contributed by atoms with Crippen molar-refractivity contribution in [1.29, 1.82) is 0 Å². The molecule has 1 atom stereocenters. The summed E-state index contributed by atoms with van der Waals surface area (Å²) in [5, 5.41) is 0. The molecule has 15 heavy (non-hydrogen) atoms. The predicted molar refractivity (Wildman–Crippen MR) is 64.6 cm³/mol. The first kappa shape index (κ1) is 10.7. The van der Waals surface area contributed by atoms with Crippen LogP contribution in [0.1, 0.15) is 25.7 Å². The normalized spacial score (nSPS) is 22.5. The molecule has 2 nitrogen and oxygen atoms in total. The third kappa shape index (κ3) is 2.63. The van der Waals surface area contributed by atoms with E-state index in [9.17, 15) is 0 Å². The fourth-order valence-electron chi connectivity index (χ4n) is 2.16. The van der Waals surface area contributed by atoms with E-state index in [1.165, 1.54) is 25.7 Å². The minimum absolute atomic E-state index is 0.462. The van der Waals surface area contributed by atoms with Crippen molar-refractivity contribution >= 4 is 17.4 Å². The lowest BCUT2D eigenvalue weighted by molar-refractivity contribution is 0.616. The highest BCUT2D eigenvalue weighted by molar-refractivity contribution is 6.18. The number of pyridine rings is 1. The third-order valence-corrected chi connectivity index (χ3v) is 3.36. The van der Waals surface area contributed by atoms with Crippen molar-refractivity contribution in [2.24, 2.45) is 0 Å². The Kier molecular flexibility index (Phi) is 3.84. The molecule has 3 heteroatoms. The van der Waals surface area contributed by atoms with Crippen LogP contribution >= 0.6 is 11.6 Å². The van der Waals surface area contributed by atoms with E-state index in [1.807, 2.05) is 18.3 Å². The molecule has 1 fully saturated rings. The molecule has 1 aliphatic heterocycles. The lowest BCUT2D eigenvalue weighted by atomic mass is 10.1. The van der Waals surface area contributed by atoms with Crippen molar-refractivity contribution in [2.45, 2.75) is 31.7 Å². The van der Waals surface area contributed by atoms with Gasteiger partial charge in [-0.05, 0) is 25.0 Å². The first-order valence-electron chi connectivity index (χ1n) is 5.65. The SMILES string of the molecule is ClCC1CCCCCN1c1ccccn1. The minimum Gasteiger partial charge on any atom is -0.352 e. The van der Waals surface area contributed by atoms with Gasteiger partial charge in [-0.1, -0.05) is 18.9 Å². The number of aromatic nitrogens is 1. The van der Waals surface area contributed by atoms with E-state index in [1.54, 1.807) is 0 Å². The van der Waals surface area contributed by atoms with Gasteiger partial charge in [0, 0.05) is 24.7 Å². The predicted octanol–water partition coefficient (Wildman–Crippen LogP) is 3.07. The Morgan fingerprint density at radius 1 is 1.33 bits per heavy atom. The number of halogens is 1. The van der Waals surface area contributed by atoms with E-state index in [0.29, 0.717) is 11.9 Å². The fraction of sp³-hybridized carbons (Fsp3) is 0.583. The number of nitrogens with zero attached hydrogens (tertiary/aromatic N) is 2. The van der Waals surface area contributed by atoms with Crippen molar-refractivity contribution in [3.05, 3.63) is 24.4 Å². The molecule has 0 amide bonds.